The Morgan fingerprint density at radius 3 is 2.24 bits per heavy atom. The Hall–Kier alpha value is -1.86. The van der Waals surface area contributed by atoms with E-state index in [1.165, 1.54) is 45.1 Å². The summed E-state index contributed by atoms with van der Waals surface area (Å²) in [5, 5.41) is 3.41. The van der Waals surface area contributed by atoms with Crippen LogP contribution in [0, 0.1) is 0 Å². The molecule has 0 radical (unpaired) electrons. The standard InChI is InChI=1S/C29H36N2O2.HI/c1-31(21-22-11-5-3-2-4-6-12-22)19-17-23(18-20-31)30-29(32)28-24-13-7-9-15-26(24)33-27-16-10-8-14-25(27)28;/h7-11,13-16,23,28H,2-6,12,17-21H2,1H3;1H/b22-11+;. The van der Waals surface area contributed by atoms with Crippen LogP contribution in [0.4, 0.5) is 0 Å². The molecule has 1 saturated heterocycles. The average molecular weight is 573 g/mol. The van der Waals surface area contributed by atoms with Crippen LogP contribution < -0.4 is 34.0 Å². The molecule has 2 aromatic rings. The molecule has 4 nitrogen and oxygen atoms in total. The van der Waals surface area contributed by atoms with Crippen molar-refractivity contribution < 1.29 is 38.0 Å². The van der Waals surface area contributed by atoms with Crippen LogP contribution >= 0.6 is 0 Å². The maximum atomic E-state index is 13.6. The fraction of sp³-hybridized carbons (Fsp3) is 0.483. The van der Waals surface area contributed by atoms with Crippen molar-refractivity contribution in [3.8, 4) is 11.5 Å². The molecule has 0 aromatic heterocycles. The number of carbonyl (C=O) groups excluding carboxylic acids is 1. The maximum absolute atomic E-state index is 13.6. The van der Waals surface area contributed by atoms with Gasteiger partial charge in [0.15, 0.2) is 0 Å². The summed E-state index contributed by atoms with van der Waals surface area (Å²) in [6, 6.07) is 16.1. The number of nitrogens with zero attached hydrogens (tertiary/aromatic N) is 1. The van der Waals surface area contributed by atoms with Gasteiger partial charge in [0.1, 0.15) is 18.0 Å². The maximum Gasteiger partial charge on any atom is 0.232 e. The number of benzene rings is 2. The van der Waals surface area contributed by atoms with Crippen LogP contribution in [0.25, 0.3) is 0 Å². The molecule has 5 rings (SSSR count). The Morgan fingerprint density at radius 1 is 0.941 bits per heavy atom. The zero-order chi connectivity index (χ0) is 22.7. The van der Waals surface area contributed by atoms with Crippen molar-refractivity contribution >= 4 is 5.91 Å². The largest absolute Gasteiger partial charge is 1.00 e. The van der Waals surface area contributed by atoms with Gasteiger partial charge in [-0.25, -0.2) is 0 Å². The number of quaternary nitrogens is 1. The molecule has 5 heteroatoms. The lowest BCUT2D eigenvalue weighted by Crippen LogP contribution is -3.00. The summed E-state index contributed by atoms with van der Waals surface area (Å²) < 4.78 is 7.19. The summed E-state index contributed by atoms with van der Waals surface area (Å²) in [6.07, 6.45) is 12.6. The monoisotopic (exact) mass is 572 g/mol. The molecule has 34 heavy (non-hydrogen) atoms. The molecular formula is C29H37IN2O2. The first kappa shape index (κ1) is 25.2. The minimum Gasteiger partial charge on any atom is -1.00 e. The molecule has 2 aliphatic heterocycles. The minimum absolute atomic E-state index is 0. The number of hydrogen-bond donors (Lipinski definition) is 1. The SMILES string of the molecule is C[N+]1(C/C2=C/CCCCCC2)CCC(NC(=O)C2c3ccccc3Oc3ccccc32)CC1.[I-]. The lowest BCUT2D eigenvalue weighted by atomic mass is 9.86. The second-order valence-electron chi connectivity index (χ2n) is 10.4. The fourth-order valence-electron chi connectivity index (χ4n) is 5.86. The van der Waals surface area contributed by atoms with Crippen molar-refractivity contribution in [3.63, 3.8) is 0 Å². The van der Waals surface area contributed by atoms with E-state index in [0.29, 0.717) is 0 Å². The molecule has 0 spiro atoms. The van der Waals surface area contributed by atoms with Gasteiger partial charge in [-0.2, -0.15) is 0 Å². The lowest BCUT2D eigenvalue weighted by molar-refractivity contribution is -0.910. The van der Waals surface area contributed by atoms with E-state index in [1.54, 1.807) is 5.57 Å². The van der Waals surface area contributed by atoms with Gasteiger partial charge in [0.25, 0.3) is 0 Å². The molecule has 1 aliphatic carbocycles. The van der Waals surface area contributed by atoms with Crippen LogP contribution in [-0.4, -0.2) is 43.1 Å². The van der Waals surface area contributed by atoms with Gasteiger partial charge in [-0.15, -0.1) is 0 Å². The van der Waals surface area contributed by atoms with E-state index in [4.69, 9.17) is 4.74 Å². The van der Waals surface area contributed by atoms with E-state index >= 15 is 0 Å². The lowest BCUT2D eigenvalue weighted by Gasteiger charge is -2.42. The smallest absolute Gasteiger partial charge is 0.232 e. The van der Waals surface area contributed by atoms with Gasteiger partial charge in [-0.05, 0) is 43.4 Å². The van der Waals surface area contributed by atoms with Gasteiger partial charge < -0.3 is 38.5 Å². The van der Waals surface area contributed by atoms with Crippen molar-refractivity contribution in [2.45, 2.75) is 63.3 Å². The highest BCUT2D eigenvalue weighted by Crippen LogP contribution is 2.44. The van der Waals surface area contributed by atoms with Crippen LogP contribution in [-0.2, 0) is 4.79 Å². The zero-order valence-electron chi connectivity index (χ0n) is 20.3. The van der Waals surface area contributed by atoms with Crippen molar-refractivity contribution in [2.24, 2.45) is 0 Å². The fourth-order valence-corrected chi connectivity index (χ4v) is 5.86. The first-order chi connectivity index (χ1) is 16.1. The Kier molecular flexibility index (Phi) is 8.35. The summed E-state index contributed by atoms with van der Waals surface area (Å²) in [5.74, 6) is 1.37. The van der Waals surface area contributed by atoms with Gasteiger partial charge in [-0.1, -0.05) is 55.3 Å². The van der Waals surface area contributed by atoms with Gasteiger partial charge in [-0.3, -0.25) is 4.79 Å². The Balaban J connectivity index is 0.00000274. The average Bonchev–Trinajstić information content (AvgIpc) is 2.81. The highest BCUT2D eigenvalue weighted by molar-refractivity contribution is 5.89. The molecule has 2 heterocycles. The molecule has 182 valence electrons. The first-order valence-electron chi connectivity index (χ1n) is 12.8. The second-order valence-corrected chi connectivity index (χ2v) is 10.4. The van der Waals surface area contributed by atoms with Gasteiger partial charge in [0.2, 0.25) is 5.91 Å². The molecule has 1 N–H and O–H groups in total. The summed E-state index contributed by atoms with van der Waals surface area (Å²) in [4.78, 5) is 13.6. The van der Waals surface area contributed by atoms with E-state index in [1.807, 2.05) is 48.5 Å². The summed E-state index contributed by atoms with van der Waals surface area (Å²) in [6.45, 7) is 3.44. The van der Waals surface area contributed by atoms with Crippen LogP contribution in [0.2, 0.25) is 0 Å². The molecule has 2 aromatic carbocycles. The van der Waals surface area contributed by atoms with Crippen molar-refractivity contribution in [1.82, 2.24) is 5.32 Å². The summed E-state index contributed by atoms with van der Waals surface area (Å²) in [7, 11) is 2.41. The van der Waals surface area contributed by atoms with E-state index in [0.717, 1.165) is 53.0 Å². The summed E-state index contributed by atoms with van der Waals surface area (Å²) in [5.41, 5.74) is 3.58. The number of para-hydroxylation sites is 2. The predicted molar refractivity (Wildman–Crippen MR) is 133 cm³/mol. The van der Waals surface area contributed by atoms with Crippen molar-refractivity contribution in [2.75, 3.05) is 26.7 Å². The number of ether oxygens (including phenoxy) is 1. The highest BCUT2D eigenvalue weighted by atomic mass is 127. The van der Waals surface area contributed by atoms with Crippen molar-refractivity contribution in [1.29, 1.82) is 0 Å². The molecule has 1 fully saturated rings. The molecule has 1 amide bonds. The predicted octanol–water partition coefficient (Wildman–Crippen LogP) is 2.93. The second kappa shape index (κ2) is 11.3. The van der Waals surface area contributed by atoms with Gasteiger partial charge >= 0.3 is 0 Å². The number of halogens is 1. The molecule has 0 unspecified atom stereocenters. The van der Waals surface area contributed by atoms with E-state index in [9.17, 15) is 4.79 Å². The first-order valence-corrected chi connectivity index (χ1v) is 12.8. The van der Waals surface area contributed by atoms with Gasteiger partial charge in [0, 0.05) is 30.0 Å². The number of rotatable bonds is 4. The Morgan fingerprint density at radius 2 is 1.56 bits per heavy atom. The van der Waals surface area contributed by atoms with Gasteiger partial charge in [0.05, 0.1) is 26.1 Å². The number of likely N-dealkylation sites (tertiary alicyclic amines) is 1. The zero-order valence-corrected chi connectivity index (χ0v) is 22.4. The third-order valence-electron chi connectivity index (χ3n) is 7.79. The number of allylic oxidation sites excluding steroid dienone is 1. The third kappa shape index (κ3) is 5.68. The number of nitrogens with one attached hydrogen (secondary N) is 1. The number of hydrogen-bond acceptors (Lipinski definition) is 2. The van der Waals surface area contributed by atoms with E-state index in [-0.39, 0.29) is 41.8 Å². The topological polar surface area (TPSA) is 38.3 Å². The number of piperidine rings is 1. The van der Waals surface area contributed by atoms with E-state index in [2.05, 4.69) is 18.4 Å². The molecule has 3 aliphatic rings. The highest BCUT2D eigenvalue weighted by Gasteiger charge is 2.36. The Labute approximate surface area is 221 Å². The van der Waals surface area contributed by atoms with Crippen LogP contribution in [0.1, 0.15) is 68.4 Å². The number of likely N-dealkylation sites (N-methyl/N-ethyl adjacent to an activating group) is 1. The molecule has 0 atom stereocenters. The van der Waals surface area contributed by atoms with Crippen molar-refractivity contribution in [3.05, 3.63) is 71.3 Å². The van der Waals surface area contributed by atoms with Crippen LogP contribution in [0.3, 0.4) is 0 Å². The molecular weight excluding hydrogens is 535 g/mol. The third-order valence-corrected chi connectivity index (χ3v) is 7.79. The number of fused-ring (bicyclic) bond motifs is 2. The molecule has 0 saturated carbocycles. The minimum atomic E-state index is -0.311. The quantitative estimate of drug-likeness (QED) is 0.348. The normalized spacial score (nSPS) is 26.3. The number of carbonyl (C=O) groups is 1. The van der Waals surface area contributed by atoms with E-state index < -0.39 is 0 Å². The van der Waals surface area contributed by atoms with Crippen LogP contribution in [0.5, 0.6) is 11.5 Å². The molecule has 0 bridgehead atoms. The number of amides is 1. The summed E-state index contributed by atoms with van der Waals surface area (Å²) >= 11 is 0. The van der Waals surface area contributed by atoms with Crippen LogP contribution in [0.15, 0.2) is 60.2 Å². The Bertz CT molecular complexity index is 981.